The molecule has 0 atom stereocenters. The molecule has 3 nitrogen and oxygen atoms in total. The fraction of sp³-hybridized carbons (Fsp3) is 0.312. The van der Waals surface area contributed by atoms with Crippen molar-refractivity contribution in [2.75, 3.05) is 5.32 Å². The molecule has 20 heavy (non-hydrogen) atoms. The molecule has 1 aromatic heterocycles. The van der Waals surface area contributed by atoms with Gasteiger partial charge < -0.3 is 10.4 Å². The van der Waals surface area contributed by atoms with Crippen molar-refractivity contribution >= 4 is 22.9 Å². The van der Waals surface area contributed by atoms with Crippen molar-refractivity contribution in [3.8, 4) is 5.75 Å². The number of phenolic OH excluding ortho intramolecular Hbond substituents is 1. The number of benzene rings is 1. The zero-order valence-electron chi connectivity index (χ0n) is 11.2. The molecule has 0 saturated heterocycles. The van der Waals surface area contributed by atoms with Crippen molar-refractivity contribution in [3.63, 3.8) is 0 Å². The molecule has 2 aromatic rings. The molecule has 1 amide bonds. The summed E-state index contributed by atoms with van der Waals surface area (Å²) in [6, 6.07) is 8.58. The average Bonchev–Trinajstić information content (AvgIpc) is 2.73. The summed E-state index contributed by atoms with van der Waals surface area (Å²) in [7, 11) is 0. The van der Waals surface area contributed by atoms with Gasteiger partial charge in [0.05, 0.1) is 4.88 Å². The van der Waals surface area contributed by atoms with Gasteiger partial charge in [0.25, 0.3) is 5.91 Å². The Morgan fingerprint density at radius 1 is 1.10 bits per heavy atom. The second-order valence-corrected chi connectivity index (χ2v) is 6.26. The minimum atomic E-state index is -0.0613. The van der Waals surface area contributed by atoms with Gasteiger partial charge in [-0.25, -0.2) is 0 Å². The molecule has 0 unspecified atom stereocenters. The first-order chi connectivity index (χ1) is 9.72. The molecule has 0 aliphatic heterocycles. The summed E-state index contributed by atoms with van der Waals surface area (Å²) in [6.07, 6.45) is 5.94. The van der Waals surface area contributed by atoms with E-state index in [9.17, 15) is 9.90 Å². The lowest BCUT2D eigenvalue weighted by atomic mass is 10.1. The number of hydrogen-bond acceptors (Lipinski definition) is 3. The van der Waals surface area contributed by atoms with Crippen molar-refractivity contribution in [1.82, 2.24) is 0 Å². The summed E-state index contributed by atoms with van der Waals surface area (Å²) in [4.78, 5) is 14.4. The molecule has 1 aliphatic rings. The van der Waals surface area contributed by atoms with Gasteiger partial charge in [0, 0.05) is 10.6 Å². The zero-order chi connectivity index (χ0) is 13.9. The van der Waals surface area contributed by atoms with E-state index in [2.05, 4.69) is 5.32 Å². The van der Waals surface area contributed by atoms with Crippen LogP contribution >= 0.6 is 11.3 Å². The number of amides is 1. The third kappa shape index (κ3) is 2.85. The second-order valence-electron chi connectivity index (χ2n) is 5.12. The third-order valence-corrected chi connectivity index (χ3v) is 4.83. The van der Waals surface area contributed by atoms with Crippen LogP contribution < -0.4 is 5.32 Å². The summed E-state index contributed by atoms with van der Waals surface area (Å²) >= 11 is 1.62. The molecule has 3 rings (SSSR count). The van der Waals surface area contributed by atoms with Crippen molar-refractivity contribution in [2.24, 2.45) is 0 Å². The largest absolute Gasteiger partial charge is 0.508 e. The number of carbonyl (C=O) groups is 1. The summed E-state index contributed by atoms with van der Waals surface area (Å²) in [6.45, 7) is 0. The van der Waals surface area contributed by atoms with E-state index in [0.717, 1.165) is 17.7 Å². The number of rotatable bonds is 2. The third-order valence-electron chi connectivity index (χ3n) is 3.60. The lowest BCUT2D eigenvalue weighted by molar-refractivity contribution is 0.103. The highest BCUT2D eigenvalue weighted by atomic mass is 32.1. The molecule has 104 valence electrons. The number of hydrogen-bond donors (Lipinski definition) is 2. The van der Waals surface area contributed by atoms with Crippen LogP contribution in [-0.4, -0.2) is 11.0 Å². The molecule has 2 N–H and O–H groups in total. The highest BCUT2D eigenvalue weighted by Gasteiger charge is 2.16. The highest BCUT2D eigenvalue weighted by molar-refractivity contribution is 7.14. The minimum absolute atomic E-state index is 0.0613. The van der Waals surface area contributed by atoms with Crippen molar-refractivity contribution < 1.29 is 9.90 Å². The van der Waals surface area contributed by atoms with Gasteiger partial charge in [0.1, 0.15) is 5.75 Å². The maximum absolute atomic E-state index is 12.2. The molecule has 1 heterocycles. The van der Waals surface area contributed by atoms with E-state index in [1.54, 1.807) is 35.6 Å². The Morgan fingerprint density at radius 2 is 1.85 bits per heavy atom. The molecule has 0 spiro atoms. The Hall–Kier alpha value is -1.81. The zero-order valence-corrected chi connectivity index (χ0v) is 12.0. The van der Waals surface area contributed by atoms with Crippen molar-refractivity contribution in [1.29, 1.82) is 0 Å². The van der Waals surface area contributed by atoms with E-state index in [-0.39, 0.29) is 11.7 Å². The number of carbonyl (C=O) groups excluding carboxylic acids is 1. The fourth-order valence-electron chi connectivity index (χ4n) is 2.52. The van der Waals surface area contributed by atoms with Crippen molar-refractivity contribution in [3.05, 3.63) is 45.6 Å². The predicted octanol–water partition coefficient (Wildman–Crippen LogP) is 3.97. The van der Waals surface area contributed by atoms with Crippen LogP contribution in [0.15, 0.2) is 30.3 Å². The Labute approximate surface area is 122 Å². The monoisotopic (exact) mass is 287 g/mol. The maximum atomic E-state index is 12.2. The maximum Gasteiger partial charge on any atom is 0.265 e. The number of nitrogens with one attached hydrogen (secondary N) is 1. The Kier molecular flexibility index (Phi) is 3.74. The average molecular weight is 287 g/mol. The molecule has 4 heteroatoms. The topological polar surface area (TPSA) is 49.3 Å². The lowest BCUT2D eigenvalue weighted by Gasteiger charge is -2.03. The number of anilines is 1. The Balaban J connectivity index is 1.75. The van der Waals surface area contributed by atoms with Gasteiger partial charge in [-0.2, -0.15) is 0 Å². The van der Waals surface area contributed by atoms with E-state index >= 15 is 0 Å². The van der Waals surface area contributed by atoms with E-state index in [1.165, 1.54) is 29.7 Å². The van der Waals surface area contributed by atoms with Gasteiger partial charge in [0.2, 0.25) is 0 Å². The second kappa shape index (κ2) is 5.67. The van der Waals surface area contributed by atoms with Crippen LogP contribution in [0.3, 0.4) is 0 Å². The van der Waals surface area contributed by atoms with Gasteiger partial charge in [-0.15, -0.1) is 11.3 Å². The lowest BCUT2D eigenvalue weighted by Crippen LogP contribution is -2.09. The number of aromatic hydroxyl groups is 1. The summed E-state index contributed by atoms with van der Waals surface area (Å²) in [5.41, 5.74) is 2.06. The standard InChI is InChI=1S/C16H17NO2S/c18-13-8-6-12(7-9-13)17-16(19)15-10-11-4-2-1-3-5-14(11)20-15/h6-10,18H,1-5H2,(H,17,19). The molecular formula is C16H17NO2S. The van der Waals surface area contributed by atoms with E-state index in [4.69, 9.17) is 0 Å². The molecule has 0 bridgehead atoms. The summed E-state index contributed by atoms with van der Waals surface area (Å²) in [5, 5.41) is 12.1. The van der Waals surface area contributed by atoms with Crippen LogP contribution in [-0.2, 0) is 12.8 Å². The van der Waals surface area contributed by atoms with Crippen LogP contribution in [0.1, 0.15) is 39.4 Å². The molecule has 0 saturated carbocycles. The molecule has 0 fully saturated rings. The van der Waals surface area contributed by atoms with Gasteiger partial charge in [-0.1, -0.05) is 6.42 Å². The van der Waals surface area contributed by atoms with E-state index in [1.807, 2.05) is 6.07 Å². The first-order valence-electron chi connectivity index (χ1n) is 6.94. The van der Waals surface area contributed by atoms with Gasteiger partial charge in [0.15, 0.2) is 0 Å². The minimum Gasteiger partial charge on any atom is -0.508 e. The number of aryl methyl sites for hydroxylation is 2. The molecule has 1 aromatic carbocycles. The fourth-order valence-corrected chi connectivity index (χ4v) is 3.67. The number of thiophene rings is 1. The van der Waals surface area contributed by atoms with Crippen LogP contribution in [0.5, 0.6) is 5.75 Å². The Morgan fingerprint density at radius 3 is 2.65 bits per heavy atom. The van der Waals surface area contributed by atoms with E-state index < -0.39 is 0 Å². The summed E-state index contributed by atoms with van der Waals surface area (Å²) in [5.74, 6) is 0.139. The highest BCUT2D eigenvalue weighted by Crippen LogP contribution is 2.29. The quantitative estimate of drug-likeness (QED) is 0.648. The van der Waals surface area contributed by atoms with E-state index in [0.29, 0.717) is 5.69 Å². The smallest absolute Gasteiger partial charge is 0.265 e. The first-order valence-corrected chi connectivity index (χ1v) is 7.76. The van der Waals surface area contributed by atoms with Crippen LogP contribution in [0.4, 0.5) is 5.69 Å². The van der Waals surface area contributed by atoms with Gasteiger partial charge >= 0.3 is 0 Å². The van der Waals surface area contributed by atoms with Gasteiger partial charge in [-0.3, -0.25) is 4.79 Å². The SMILES string of the molecule is O=C(Nc1ccc(O)cc1)c1cc2c(s1)CCCCC2. The van der Waals surface area contributed by atoms with Crippen LogP contribution in [0.25, 0.3) is 0 Å². The first kappa shape index (κ1) is 13.2. The number of fused-ring (bicyclic) bond motifs is 1. The van der Waals surface area contributed by atoms with Gasteiger partial charge in [-0.05, 0) is 61.6 Å². The van der Waals surface area contributed by atoms with Crippen molar-refractivity contribution in [2.45, 2.75) is 32.1 Å². The molecule has 0 radical (unpaired) electrons. The van der Waals surface area contributed by atoms with Crippen LogP contribution in [0, 0.1) is 0 Å². The number of phenols is 1. The normalized spacial score (nSPS) is 14.4. The summed E-state index contributed by atoms with van der Waals surface area (Å²) < 4.78 is 0. The molecular weight excluding hydrogens is 270 g/mol. The predicted molar refractivity (Wildman–Crippen MR) is 81.6 cm³/mol. The van der Waals surface area contributed by atoms with Crippen LogP contribution in [0.2, 0.25) is 0 Å². The Bertz CT molecular complexity index is 592. The molecule has 1 aliphatic carbocycles.